The molecule has 1 fully saturated rings. The number of nitrogens with two attached hydrogens (primary N) is 1. The lowest BCUT2D eigenvalue weighted by molar-refractivity contribution is 0.0954. The van der Waals surface area contributed by atoms with Gasteiger partial charge in [-0.05, 0) is 66.8 Å². The number of benzene rings is 2. The predicted octanol–water partition coefficient (Wildman–Crippen LogP) is 3.14. The van der Waals surface area contributed by atoms with Gasteiger partial charge in [0.1, 0.15) is 0 Å². The molecule has 2 aromatic carbocycles. The van der Waals surface area contributed by atoms with Gasteiger partial charge in [0, 0.05) is 47.2 Å². The lowest BCUT2D eigenvalue weighted by Crippen LogP contribution is -2.42. The summed E-state index contributed by atoms with van der Waals surface area (Å²) in [5.74, 6) is -0.221. The number of nitrogens with zero attached hydrogens (tertiary/aromatic N) is 1. The molecule has 0 radical (unpaired) electrons. The Labute approximate surface area is 226 Å². The number of sulfonamides is 2. The fourth-order valence-corrected chi connectivity index (χ4v) is 7.30. The summed E-state index contributed by atoms with van der Waals surface area (Å²) in [5, 5.41) is 13.4. The van der Waals surface area contributed by atoms with Crippen molar-refractivity contribution in [3.63, 3.8) is 0 Å². The van der Waals surface area contributed by atoms with E-state index < -0.39 is 20.0 Å². The molecule has 1 atom stereocenters. The van der Waals surface area contributed by atoms with Gasteiger partial charge < -0.3 is 10.6 Å². The fourth-order valence-electron chi connectivity index (χ4n) is 3.99. The van der Waals surface area contributed by atoms with Crippen LogP contribution in [-0.4, -0.2) is 58.0 Å². The molecule has 4 N–H and O–H groups in total. The van der Waals surface area contributed by atoms with Crippen LogP contribution in [-0.2, 0) is 20.0 Å². The van der Waals surface area contributed by atoms with Crippen LogP contribution in [0.4, 0.5) is 5.69 Å². The molecule has 2 aliphatic rings. The molecule has 198 valence electrons. The highest BCUT2D eigenvalue weighted by Gasteiger charge is 2.31. The second-order valence-corrected chi connectivity index (χ2v) is 13.7. The number of nitrogens with one attached hydrogen (secondary N) is 2. The van der Waals surface area contributed by atoms with Crippen LogP contribution in [0.15, 0.2) is 75.9 Å². The first-order valence-electron chi connectivity index (χ1n) is 11.5. The molecule has 0 aliphatic carbocycles. The number of carbonyl (C=O) groups is 1. The number of anilines is 1. The molecule has 1 unspecified atom stereocenters. The standard InChI is InChI=1S/C24H27ClN4O5S3/c25-18-6-4-17(5-7-18)24(30)27-15-21-8-9-23(16-35-21)37(33,34)29-12-10-19(11-13-29)28-20-2-1-3-22(14-20)36(26,31)32/h1-9,14,16,19,21,28H,10-13,15H2,(H,27,30)(H2,26,31,32). The number of carbonyl (C=O) groups excluding carboxylic acids is 1. The number of allylic oxidation sites excluding steroid dienone is 1. The zero-order valence-electron chi connectivity index (χ0n) is 19.7. The van der Waals surface area contributed by atoms with Crippen molar-refractivity contribution in [1.82, 2.24) is 9.62 Å². The summed E-state index contributed by atoms with van der Waals surface area (Å²) in [6.45, 7) is 1.03. The number of thioether (sulfide) groups is 1. The zero-order valence-corrected chi connectivity index (χ0v) is 22.9. The predicted molar refractivity (Wildman–Crippen MR) is 147 cm³/mol. The van der Waals surface area contributed by atoms with Crippen LogP contribution in [0, 0.1) is 0 Å². The van der Waals surface area contributed by atoms with Crippen molar-refractivity contribution in [2.75, 3.05) is 25.0 Å². The molecular weight excluding hydrogens is 556 g/mol. The average Bonchev–Trinajstić information content (AvgIpc) is 2.88. The topological polar surface area (TPSA) is 139 Å². The van der Waals surface area contributed by atoms with Crippen molar-refractivity contribution in [3.05, 3.63) is 81.6 Å². The largest absolute Gasteiger partial charge is 0.382 e. The molecule has 2 aliphatic heterocycles. The molecule has 0 aromatic heterocycles. The number of rotatable bonds is 8. The number of piperidine rings is 1. The maximum atomic E-state index is 13.2. The highest BCUT2D eigenvalue weighted by Crippen LogP contribution is 2.29. The Bertz CT molecular complexity index is 1420. The third-order valence-electron chi connectivity index (χ3n) is 6.03. The summed E-state index contributed by atoms with van der Waals surface area (Å²) >= 11 is 7.20. The Morgan fingerprint density at radius 2 is 1.78 bits per heavy atom. The van der Waals surface area contributed by atoms with Crippen molar-refractivity contribution in [2.45, 2.75) is 29.0 Å². The lowest BCUT2D eigenvalue weighted by atomic mass is 10.1. The number of hydrogen-bond acceptors (Lipinski definition) is 7. The van der Waals surface area contributed by atoms with E-state index in [4.69, 9.17) is 16.7 Å². The van der Waals surface area contributed by atoms with Crippen LogP contribution in [0.1, 0.15) is 23.2 Å². The van der Waals surface area contributed by atoms with Gasteiger partial charge in [0.05, 0.1) is 9.80 Å². The Morgan fingerprint density at radius 1 is 1.08 bits per heavy atom. The molecule has 0 bridgehead atoms. The number of primary sulfonamides is 1. The van der Waals surface area contributed by atoms with Gasteiger partial charge in [-0.2, -0.15) is 4.31 Å². The van der Waals surface area contributed by atoms with Gasteiger partial charge in [-0.15, -0.1) is 11.8 Å². The van der Waals surface area contributed by atoms with Gasteiger partial charge in [-0.25, -0.2) is 22.0 Å². The van der Waals surface area contributed by atoms with E-state index in [-0.39, 0.29) is 27.0 Å². The first-order valence-corrected chi connectivity index (χ1v) is 15.8. The first-order chi connectivity index (χ1) is 17.5. The molecule has 0 spiro atoms. The smallest absolute Gasteiger partial charge is 0.251 e. The number of halogens is 1. The SMILES string of the molecule is NS(=O)(=O)c1cccc(NC2CCN(S(=O)(=O)C3=CSC(CNC(=O)c4ccc(Cl)cc4)C=C3)CC2)c1. The third kappa shape index (κ3) is 7.15. The van der Waals surface area contributed by atoms with Crippen molar-refractivity contribution in [2.24, 2.45) is 5.14 Å². The van der Waals surface area contributed by atoms with Crippen LogP contribution in [0.3, 0.4) is 0 Å². The summed E-state index contributed by atoms with van der Waals surface area (Å²) in [5.41, 5.74) is 1.12. The quantitative estimate of drug-likeness (QED) is 0.434. The van der Waals surface area contributed by atoms with Crippen molar-refractivity contribution in [1.29, 1.82) is 0 Å². The molecule has 4 rings (SSSR count). The second-order valence-electron chi connectivity index (χ2n) is 8.67. The highest BCUT2D eigenvalue weighted by atomic mass is 35.5. The highest BCUT2D eigenvalue weighted by molar-refractivity contribution is 8.04. The number of hydrogen-bond donors (Lipinski definition) is 3. The third-order valence-corrected chi connectivity index (χ3v) is 10.3. The van der Waals surface area contributed by atoms with Crippen LogP contribution in [0.25, 0.3) is 0 Å². The van der Waals surface area contributed by atoms with E-state index in [2.05, 4.69) is 10.6 Å². The minimum Gasteiger partial charge on any atom is -0.382 e. The van der Waals surface area contributed by atoms with Gasteiger partial charge in [0.2, 0.25) is 20.0 Å². The van der Waals surface area contributed by atoms with E-state index in [1.54, 1.807) is 54.0 Å². The van der Waals surface area contributed by atoms with E-state index >= 15 is 0 Å². The molecule has 1 amide bonds. The number of amides is 1. The van der Waals surface area contributed by atoms with E-state index in [0.29, 0.717) is 48.7 Å². The van der Waals surface area contributed by atoms with Crippen molar-refractivity contribution >= 4 is 55.0 Å². The van der Waals surface area contributed by atoms with E-state index in [0.717, 1.165) is 0 Å². The van der Waals surface area contributed by atoms with Crippen molar-refractivity contribution in [3.8, 4) is 0 Å². The van der Waals surface area contributed by atoms with E-state index in [1.807, 2.05) is 0 Å². The van der Waals surface area contributed by atoms with Gasteiger partial charge in [0.15, 0.2) is 0 Å². The minimum atomic E-state index is -3.80. The molecule has 2 heterocycles. The fraction of sp³-hybridized carbons (Fsp3) is 0.292. The lowest BCUT2D eigenvalue weighted by Gasteiger charge is -2.32. The maximum absolute atomic E-state index is 13.2. The van der Waals surface area contributed by atoms with Crippen molar-refractivity contribution < 1.29 is 21.6 Å². The Hall–Kier alpha value is -2.35. The zero-order chi connectivity index (χ0) is 26.6. The van der Waals surface area contributed by atoms with E-state index in [9.17, 15) is 21.6 Å². The minimum absolute atomic E-state index is 0.000984. The van der Waals surface area contributed by atoms with Gasteiger partial charge in [-0.3, -0.25) is 4.79 Å². The van der Waals surface area contributed by atoms with Crippen LogP contribution in [0.5, 0.6) is 0 Å². The molecule has 13 heteroatoms. The molecule has 9 nitrogen and oxygen atoms in total. The Balaban J connectivity index is 1.27. The monoisotopic (exact) mass is 582 g/mol. The van der Waals surface area contributed by atoms with Gasteiger partial charge in [0.25, 0.3) is 5.91 Å². The maximum Gasteiger partial charge on any atom is 0.251 e. The first kappa shape index (κ1) is 27.7. The Kier molecular flexibility index (Phi) is 8.66. The molecule has 0 saturated carbocycles. The summed E-state index contributed by atoms with van der Waals surface area (Å²) in [6.07, 6.45) is 4.52. The normalized spacial score (nSPS) is 19.3. The molecule has 1 saturated heterocycles. The summed E-state index contributed by atoms with van der Waals surface area (Å²) in [4.78, 5) is 12.5. The van der Waals surface area contributed by atoms with Gasteiger partial charge in [-0.1, -0.05) is 23.7 Å². The average molecular weight is 583 g/mol. The molecule has 37 heavy (non-hydrogen) atoms. The Morgan fingerprint density at radius 3 is 2.41 bits per heavy atom. The summed E-state index contributed by atoms with van der Waals surface area (Å²) in [7, 11) is -7.45. The van der Waals surface area contributed by atoms with Gasteiger partial charge >= 0.3 is 0 Å². The van der Waals surface area contributed by atoms with E-state index in [1.165, 1.54) is 28.2 Å². The van der Waals surface area contributed by atoms with Crippen LogP contribution in [0.2, 0.25) is 5.02 Å². The summed E-state index contributed by atoms with van der Waals surface area (Å²) < 4.78 is 50.9. The van der Waals surface area contributed by atoms with Crippen LogP contribution < -0.4 is 15.8 Å². The second kappa shape index (κ2) is 11.6. The summed E-state index contributed by atoms with van der Waals surface area (Å²) in [6, 6.07) is 12.9. The molecular formula is C24H27ClN4O5S3. The van der Waals surface area contributed by atoms with Crippen LogP contribution >= 0.6 is 23.4 Å². The molecule has 2 aromatic rings.